The third kappa shape index (κ3) is 4.19. The van der Waals surface area contributed by atoms with Gasteiger partial charge in [-0.3, -0.25) is 0 Å². The van der Waals surface area contributed by atoms with Gasteiger partial charge in [-0.05, 0) is 32.9 Å². The Kier molecular flexibility index (Phi) is 5.56. The number of hydrogen-bond donors (Lipinski definition) is 2. The first-order chi connectivity index (χ1) is 9.22. The standard InChI is InChI=1S/C14H24N2O3S/c1-5-15-12-9-7-8-10-13(12)20(18,19)16(6-2)11-14(3,4)17/h7-10,15,17H,5-6,11H2,1-4H3. The zero-order valence-corrected chi connectivity index (χ0v) is 13.4. The van der Waals surface area contributed by atoms with Crippen LogP contribution in [0.15, 0.2) is 29.2 Å². The molecule has 0 aliphatic heterocycles. The molecule has 0 bridgehead atoms. The van der Waals surface area contributed by atoms with Crippen molar-refractivity contribution in [1.29, 1.82) is 0 Å². The van der Waals surface area contributed by atoms with Crippen molar-refractivity contribution in [2.75, 3.05) is 25.0 Å². The number of nitrogens with zero attached hydrogens (tertiary/aromatic N) is 1. The second-order valence-corrected chi connectivity index (χ2v) is 7.18. The van der Waals surface area contributed by atoms with Crippen molar-refractivity contribution in [1.82, 2.24) is 4.31 Å². The first-order valence-corrected chi connectivity index (χ1v) is 8.21. The molecule has 5 nitrogen and oxygen atoms in total. The van der Waals surface area contributed by atoms with E-state index in [2.05, 4.69) is 5.32 Å². The van der Waals surface area contributed by atoms with Gasteiger partial charge in [0.1, 0.15) is 4.90 Å². The lowest BCUT2D eigenvalue weighted by atomic mass is 10.1. The average molecular weight is 300 g/mol. The van der Waals surface area contributed by atoms with Crippen LogP contribution in [-0.4, -0.2) is 43.1 Å². The maximum Gasteiger partial charge on any atom is 0.245 e. The lowest BCUT2D eigenvalue weighted by Crippen LogP contribution is -2.42. The molecule has 0 aromatic heterocycles. The minimum atomic E-state index is -3.63. The largest absolute Gasteiger partial charge is 0.389 e. The normalized spacial score (nSPS) is 12.7. The fraction of sp³-hybridized carbons (Fsp3) is 0.571. The summed E-state index contributed by atoms with van der Waals surface area (Å²) in [5.41, 5.74) is -0.486. The zero-order valence-electron chi connectivity index (χ0n) is 12.5. The molecule has 0 aliphatic carbocycles. The van der Waals surface area contributed by atoms with Crippen LogP contribution in [0.3, 0.4) is 0 Å². The Morgan fingerprint density at radius 1 is 1.25 bits per heavy atom. The van der Waals surface area contributed by atoms with Gasteiger partial charge < -0.3 is 10.4 Å². The van der Waals surface area contributed by atoms with Gasteiger partial charge in [-0.2, -0.15) is 4.31 Å². The van der Waals surface area contributed by atoms with Crippen molar-refractivity contribution in [3.63, 3.8) is 0 Å². The molecule has 0 heterocycles. The maximum atomic E-state index is 12.7. The first kappa shape index (κ1) is 16.9. The van der Waals surface area contributed by atoms with Crippen LogP contribution < -0.4 is 5.32 Å². The van der Waals surface area contributed by atoms with Gasteiger partial charge in [0.05, 0.1) is 11.3 Å². The summed E-state index contributed by atoms with van der Waals surface area (Å²) in [5.74, 6) is 0. The van der Waals surface area contributed by atoms with Crippen LogP contribution in [0.5, 0.6) is 0 Å². The van der Waals surface area contributed by atoms with Gasteiger partial charge in [0.15, 0.2) is 0 Å². The van der Waals surface area contributed by atoms with Crippen molar-refractivity contribution in [3.05, 3.63) is 24.3 Å². The summed E-state index contributed by atoms with van der Waals surface area (Å²) in [6.07, 6.45) is 0. The summed E-state index contributed by atoms with van der Waals surface area (Å²) in [7, 11) is -3.63. The maximum absolute atomic E-state index is 12.7. The van der Waals surface area contributed by atoms with Crippen molar-refractivity contribution in [3.8, 4) is 0 Å². The van der Waals surface area contributed by atoms with E-state index >= 15 is 0 Å². The molecule has 0 fully saturated rings. The van der Waals surface area contributed by atoms with E-state index < -0.39 is 15.6 Å². The first-order valence-electron chi connectivity index (χ1n) is 6.77. The van der Waals surface area contributed by atoms with E-state index in [-0.39, 0.29) is 11.4 Å². The number of aliphatic hydroxyl groups is 1. The Morgan fingerprint density at radius 2 is 1.85 bits per heavy atom. The second-order valence-electron chi connectivity index (χ2n) is 5.27. The zero-order chi connectivity index (χ0) is 15.4. The van der Waals surface area contributed by atoms with Crippen LogP contribution in [0.25, 0.3) is 0 Å². The molecule has 0 atom stereocenters. The molecule has 1 aromatic rings. The Labute approximate surface area is 121 Å². The monoisotopic (exact) mass is 300 g/mol. The van der Waals surface area contributed by atoms with Crippen LogP contribution in [0.2, 0.25) is 0 Å². The molecule has 114 valence electrons. The van der Waals surface area contributed by atoms with Crippen LogP contribution in [0.4, 0.5) is 5.69 Å². The van der Waals surface area contributed by atoms with Gasteiger partial charge in [0, 0.05) is 19.6 Å². The van der Waals surface area contributed by atoms with Crippen molar-refractivity contribution in [2.45, 2.75) is 38.2 Å². The number of anilines is 1. The minimum Gasteiger partial charge on any atom is -0.389 e. The number of hydrogen-bond acceptors (Lipinski definition) is 4. The van der Waals surface area contributed by atoms with Crippen molar-refractivity contribution >= 4 is 15.7 Å². The molecule has 20 heavy (non-hydrogen) atoms. The number of likely N-dealkylation sites (N-methyl/N-ethyl adjacent to an activating group) is 1. The molecule has 0 saturated carbocycles. The highest BCUT2D eigenvalue weighted by atomic mass is 32.2. The van der Waals surface area contributed by atoms with E-state index in [0.717, 1.165) is 0 Å². The van der Waals surface area contributed by atoms with Gasteiger partial charge in [0.2, 0.25) is 10.0 Å². The molecule has 6 heteroatoms. The topological polar surface area (TPSA) is 69.6 Å². The molecule has 0 unspecified atom stereocenters. The molecule has 1 rings (SSSR count). The van der Waals surface area contributed by atoms with Crippen molar-refractivity contribution < 1.29 is 13.5 Å². The third-order valence-corrected chi connectivity index (χ3v) is 4.77. The Morgan fingerprint density at radius 3 is 2.35 bits per heavy atom. The number of rotatable bonds is 7. The Bertz CT molecular complexity index is 536. The summed E-state index contributed by atoms with van der Waals surface area (Å²) in [4.78, 5) is 0.243. The molecule has 0 aliphatic rings. The number of nitrogens with one attached hydrogen (secondary N) is 1. The number of sulfonamides is 1. The fourth-order valence-electron chi connectivity index (χ4n) is 1.97. The van der Waals surface area contributed by atoms with Gasteiger partial charge in [-0.25, -0.2) is 8.42 Å². The smallest absolute Gasteiger partial charge is 0.245 e. The van der Waals surface area contributed by atoms with Crippen LogP contribution in [0, 0.1) is 0 Å². The van der Waals surface area contributed by atoms with Crippen LogP contribution in [-0.2, 0) is 10.0 Å². The fourth-order valence-corrected chi connectivity index (χ4v) is 3.74. The molecule has 0 amide bonds. The quantitative estimate of drug-likeness (QED) is 0.807. The highest BCUT2D eigenvalue weighted by Gasteiger charge is 2.29. The molecular formula is C14H24N2O3S. The molecule has 1 aromatic carbocycles. The molecular weight excluding hydrogens is 276 g/mol. The van der Waals surface area contributed by atoms with E-state index in [9.17, 15) is 13.5 Å². The lowest BCUT2D eigenvalue weighted by Gasteiger charge is -2.28. The summed E-state index contributed by atoms with van der Waals surface area (Å²) < 4.78 is 26.7. The number of para-hydroxylation sites is 1. The third-order valence-electron chi connectivity index (χ3n) is 2.79. The second kappa shape index (κ2) is 6.56. The summed E-state index contributed by atoms with van der Waals surface area (Å²) in [6.45, 7) is 7.89. The van der Waals surface area contributed by atoms with E-state index in [0.29, 0.717) is 18.8 Å². The summed E-state index contributed by atoms with van der Waals surface area (Å²) in [6, 6.07) is 6.82. The Hall–Kier alpha value is -1.11. The van der Waals surface area contributed by atoms with Gasteiger partial charge in [-0.15, -0.1) is 0 Å². The van der Waals surface area contributed by atoms with Gasteiger partial charge >= 0.3 is 0 Å². The van der Waals surface area contributed by atoms with Gasteiger partial charge in [0.25, 0.3) is 0 Å². The molecule has 0 radical (unpaired) electrons. The molecule has 0 spiro atoms. The van der Waals surface area contributed by atoms with Crippen molar-refractivity contribution in [2.24, 2.45) is 0 Å². The van der Waals surface area contributed by atoms with E-state index in [4.69, 9.17) is 0 Å². The average Bonchev–Trinajstić information content (AvgIpc) is 2.35. The van der Waals surface area contributed by atoms with E-state index in [1.54, 1.807) is 45.0 Å². The summed E-state index contributed by atoms with van der Waals surface area (Å²) >= 11 is 0. The predicted octanol–water partition coefficient (Wildman–Crippen LogP) is 1.90. The number of benzene rings is 1. The molecule has 2 N–H and O–H groups in total. The van der Waals surface area contributed by atoms with E-state index in [1.165, 1.54) is 4.31 Å². The highest BCUT2D eigenvalue weighted by molar-refractivity contribution is 7.89. The van der Waals surface area contributed by atoms with Crippen LogP contribution >= 0.6 is 0 Å². The SMILES string of the molecule is CCNc1ccccc1S(=O)(=O)N(CC)CC(C)(C)O. The van der Waals surface area contributed by atoms with Crippen LogP contribution in [0.1, 0.15) is 27.7 Å². The van der Waals surface area contributed by atoms with Gasteiger partial charge in [-0.1, -0.05) is 19.1 Å². The minimum absolute atomic E-state index is 0.0618. The lowest BCUT2D eigenvalue weighted by molar-refractivity contribution is 0.0601. The Balaban J connectivity index is 3.21. The summed E-state index contributed by atoms with van der Waals surface area (Å²) in [5, 5.41) is 12.9. The predicted molar refractivity (Wildman–Crippen MR) is 81.3 cm³/mol. The molecule has 0 saturated heterocycles. The highest BCUT2D eigenvalue weighted by Crippen LogP contribution is 2.25. The van der Waals surface area contributed by atoms with E-state index in [1.807, 2.05) is 6.92 Å².